The first-order valence-electron chi connectivity index (χ1n) is 7.30. The zero-order valence-electron chi connectivity index (χ0n) is 13.1. The normalized spacial score (nSPS) is 10.4. The van der Waals surface area contributed by atoms with E-state index in [4.69, 9.17) is 0 Å². The van der Waals surface area contributed by atoms with Gasteiger partial charge in [-0.1, -0.05) is 93.9 Å². The standard InChI is InChI=1S/C10H14.C7H8.C2H6/c1-3-9(2)10-7-5-4-6-8-10;1-7-5-3-2-4-6-7;1-2/h4-9H,3H2,1-2H3;2-6H,1H3;1-2H3. The van der Waals surface area contributed by atoms with Crippen LogP contribution in [0, 0.1) is 6.92 Å². The average Bonchev–Trinajstić information content (AvgIpc) is 2.51. The molecule has 0 nitrogen and oxygen atoms in total. The van der Waals surface area contributed by atoms with Gasteiger partial charge in [-0.05, 0) is 24.8 Å². The highest BCUT2D eigenvalue weighted by Crippen LogP contribution is 2.16. The van der Waals surface area contributed by atoms with E-state index in [-0.39, 0.29) is 0 Å². The van der Waals surface area contributed by atoms with Crippen molar-refractivity contribution in [1.29, 1.82) is 0 Å². The van der Waals surface area contributed by atoms with Crippen molar-refractivity contribution in [3.05, 3.63) is 71.8 Å². The van der Waals surface area contributed by atoms with Gasteiger partial charge in [-0.2, -0.15) is 0 Å². The molecule has 0 aromatic heterocycles. The molecule has 0 aliphatic heterocycles. The monoisotopic (exact) mass is 256 g/mol. The molecular formula is C19H28. The van der Waals surface area contributed by atoms with Crippen molar-refractivity contribution in [3.63, 3.8) is 0 Å². The maximum absolute atomic E-state index is 2.26. The molecule has 0 amide bonds. The van der Waals surface area contributed by atoms with Gasteiger partial charge < -0.3 is 0 Å². The van der Waals surface area contributed by atoms with Crippen LogP contribution < -0.4 is 0 Å². The van der Waals surface area contributed by atoms with E-state index in [0.717, 1.165) is 0 Å². The Bertz CT molecular complexity index is 389. The van der Waals surface area contributed by atoms with Crippen LogP contribution in [0.3, 0.4) is 0 Å². The lowest BCUT2D eigenvalue weighted by Gasteiger charge is -2.06. The van der Waals surface area contributed by atoms with Gasteiger partial charge in [0.15, 0.2) is 0 Å². The van der Waals surface area contributed by atoms with Crippen LogP contribution in [0.4, 0.5) is 0 Å². The molecule has 2 aromatic carbocycles. The second kappa shape index (κ2) is 11.5. The minimum absolute atomic E-state index is 0.709. The molecule has 0 bridgehead atoms. The smallest absolute Gasteiger partial charge is 0.0193 e. The van der Waals surface area contributed by atoms with Crippen LogP contribution in [0.15, 0.2) is 60.7 Å². The van der Waals surface area contributed by atoms with Gasteiger partial charge in [0.05, 0.1) is 0 Å². The highest BCUT2D eigenvalue weighted by atomic mass is 14.0. The third-order valence-electron chi connectivity index (χ3n) is 2.92. The summed E-state index contributed by atoms with van der Waals surface area (Å²) in [5.74, 6) is 0.709. The van der Waals surface area contributed by atoms with Gasteiger partial charge in [-0.15, -0.1) is 0 Å². The zero-order chi connectivity index (χ0) is 14.5. The van der Waals surface area contributed by atoms with Crippen molar-refractivity contribution in [3.8, 4) is 0 Å². The SMILES string of the molecule is CC.CCC(C)c1ccccc1.Cc1ccccc1. The van der Waals surface area contributed by atoms with Gasteiger partial charge in [-0.3, -0.25) is 0 Å². The Balaban J connectivity index is 0.000000316. The molecule has 0 heteroatoms. The molecule has 0 aliphatic carbocycles. The second-order valence-corrected chi connectivity index (χ2v) is 4.37. The molecule has 104 valence electrons. The molecule has 0 N–H and O–H groups in total. The lowest BCUT2D eigenvalue weighted by molar-refractivity contribution is 0.733. The summed E-state index contributed by atoms with van der Waals surface area (Å²) in [6.07, 6.45) is 1.23. The quantitative estimate of drug-likeness (QED) is 0.598. The maximum atomic E-state index is 2.26. The summed E-state index contributed by atoms with van der Waals surface area (Å²) in [5.41, 5.74) is 2.77. The van der Waals surface area contributed by atoms with Crippen LogP contribution in [0.1, 0.15) is 51.2 Å². The molecule has 19 heavy (non-hydrogen) atoms. The Morgan fingerprint density at radius 1 is 0.789 bits per heavy atom. The summed E-state index contributed by atoms with van der Waals surface area (Å²) in [4.78, 5) is 0. The number of hydrogen-bond donors (Lipinski definition) is 0. The predicted molar refractivity (Wildman–Crippen MR) is 87.7 cm³/mol. The van der Waals surface area contributed by atoms with Crippen molar-refractivity contribution in [1.82, 2.24) is 0 Å². The van der Waals surface area contributed by atoms with Crippen LogP contribution in [0.5, 0.6) is 0 Å². The summed E-state index contributed by atoms with van der Waals surface area (Å²) in [6.45, 7) is 10.6. The van der Waals surface area contributed by atoms with Gasteiger partial charge in [-0.25, -0.2) is 0 Å². The van der Waals surface area contributed by atoms with Crippen LogP contribution in [0.25, 0.3) is 0 Å². The summed E-state index contributed by atoms with van der Waals surface area (Å²) < 4.78 is 0. The van der Waals surface area contributed by atoms with Crippen molar-refractivity contribution >= 4 is 0 Å². The average molecular weight is 256 g/mol. The van der Waals surface area contributed by atoms with E-state index in [2.05, 4.69) is 63.2 Å². The molecule has 0 saturated carbocycles. The summed E-state index contributed by atoms with van der Waals surface area (Å²) in [6, 6.07) is 20.9. The summed E-state index contributed by atoms with van der Waals surface area (Å²) in [7, 11) is 0. The van der Waals surface area contributed by atoms with Crippen molar-refractivity contribution in [2.75, 3.05) is 0 Å². The van der Waals surface area contributed by atoms with Gasteiger partial charge in [0, 0.05) is 0 Å². The largest absolute Gasteiger partial charge is 0.0683 e. The van der Waals surface area contributed by atoms with E-state index in [9.17, 15) is 0 Å². The van der Waals surface area contributed by atoms with E-state index in [0.29, 0.717) is 5.92 Å². The van der Waals surface area contributed by atoms with Crippen LogP contribution >= 0.6 is 0 Å². The molecule has 2 rings (SSSR count). The van der Waals surface area contributed by atoms with E-state index in [1.807, 2.05) is 32.0 Å². The highest BCUT2D eigenvalue weighted by molar-refractivity contribution is 5.18. The minimum atomic E-state index is 0.709. The Morgan fingerprint density at radius 3 is 1.53 bits per heavy atom. The van der Waals surface area contributed by atoms with Crippen molar-refractivity contribution in [2.45, 2.75) is 47.0 Å². The Hall–Kier alpha value is -1.56. The van der Waals surface area contributed by atoms with E-state index < -0.39 is 0 Å². The lowest BCUT2D eigenvalue weighted by Crippen LogP contribution is -1.88. The van der Waals surface area contributed by atoms with Gasteiger partial charge >= 0.3 is 0 Å². The van der Waals surface area contributed by atoms with E-state index >= 15 is 0 Å². The second-order valence-electron chi connectivity index (χ2n) is 4.37. The maximum Gasteiger partial charge on any atom is -0.0193 e. The van der Waals surface area contributed by atoms with Crippen LogP contribution in [0.2, 0.25) is 0 Å². The fraction of sp³-hybridized carbons (Fsp3) is 0.368. The third kappa shape index (κ3) is 8.20. The fourth-order valence-electron chi connectivity index (χ4n) is 1.55. The molecule has 1 atom stereocenters. The first-order chi connectivity index (χ1) is 9.24. The Labute approximate surface area is 119 Å². The van der Waals surface area contributed by atoms with E-state index in [1.165, 1.54) is 17.5 Å². The Morgan fingerprint density at radius 2 is 1.21 bits per heavy atom. The number of benzene rings is 2. The van der Waals surface area contributed by atoms with Gasteiger partial charge in [0.1, 0.15) is 0 Å². The molecule has 1 unspecified atom stereocenters. The zero-order valence-corrected chi connectivity index (χ0v) is 13.1. The first kappa shape index (κ1) is 17.4. The molecule has 0 aliphatic rings. The number of aryl methyl sites for hydroxylation is 1. The van der Waals surface area contributed by atoms with Gasteiger partial charge in [0.25, 0.3) is 0 Å². The van der Waals surface area contributed by atoms with Crippen molar-refractivity contribution in [2.24, 2.45) is 0 Å². The third-order valence-corrected chi connectivity index (χ3v) is 2.92. The number of hydrogen-bond acceptors (Lipinski definition) is 0. The fourth-order valence-corrected chi connectivity index (χ4v) is 1.55. The molecule has 0 spiro atoms. The van der Waals surface area contributed by atoms with Crippen LogP contribution in [-0.2, 0) is 0 Å². The molecule has 2 aromatic rings. The summed E-state index contributed by atoms with van der Waals surface area (Å²) >= 11 is 0. The molecule has 0 radical (unpaired) electrons. The topological polar surface area (TPSA) is 0 Å². The van der Waals surface area contributed by atoms with Crippen molar-refractivity contribution < 1.29 is 0 Å². The van der Waals surface area contributed by atoms with E-state index in [1.54, 1.807) is 0 Å². The molecule has 0 saturated heterocycles. The highest BCUT2D eigenvalue weighted by Gasteiger charge is 1.98. The first-order valence-corrected chi connectivity index (χ1v) is 7.30. The predicted octanol–water partition coefficient (Wildman–Crippen LogP) is 6.22. The molecule has 0 heterocycles. The molecule has 0 fully saturated rings. The Kier molecular flexibility index (Phi) is 10.6. The van der Waals surface area contributed by atoms with Crippen LogP contribution in [-0.4, -0.2) is 0 Å². The lowest BCUT2D eigenvalue weighted by atomic mass is 9.99. The number of rotatable bonds is 2. The minimum Gasteiger partial charge on any atom is -0.0683 e. The summed E-state index contributed by atoms with van der Waals surface area (Å²) in [5, 5.41) is 0. The molecular weight excluding hydrogens is 228 g/mol. The van der Waals surface area contributed by atoms with Gasteiger partial charge in [0.2, 0.25) is 0 Å².